The van der Waals surface area contributed by atoms with Crippen molar-refractivity contribution in [2.45, 2.75) is 18.6 Å². The third kappa shape index (κ3) is 4.35. The number of hydrogen-bond acceptors (Lipinski definition) is 4. The molecule has 64 valence electrons. The van der Waals surface area contributed by atoms with Crippen LogP contribution in [-0.2, 0) is 4.79 Å². The molecule has 0 saturated carbocycles. The van der Waals surface area contributed by atoms with Crippen LogP contribution < -0.4 is 0 Å². The van der Waals surface area contributed by atoms with E-state index in [1.54, 1.807) is 13.8 Å². The molecular formula is C6H9ClOS3. The summed E-state index contributed by atoms with van der Waals surface area (Å²) in [4.78, 5) is 10.8. The molecule has 0 aliphatic carbocycles. The summed E-state index contributed by atoms with van der Waals surface area (Å²) in [5.41, 5.74) is 0. The predicted octanol–water partition coefficient (Wildman–Crippen LogP) is 2.91. The van der Waals surface area contributed by atoms with E-state index in [-0.39, 0.29) is 5.24 Å². The Bertz CT molecular complexity index is 179. The van der Waals surface area contributed by atoms with Gasteiger partial charge in [0.2, 0.25) is 5.24 Å². The van der Waals surface area contributed by atoms with Crippen molar-refractivity contribution in [1.82, 2.24) is 0 Å². The lowest BCUT2D eigenvalue weighted by atomic mass is 10.2. The minimum atomic E-state index is -0.596. The summed E-state index contributed by atoms with van der Waals surface area (Å²) in [6, 6.07) is 0. The van der Waals surface area contributed by atoms with Gasteiger partial charge in [-0.2, -0.15) is 0 Å². The van der Waals surface area contributed by atoms with Crippen molar-refractivity contribution in [2.75, 3.05) is 6.26 Å². The van der Waals surface area contributed by atoms with Gasteiger partial charge in [-0.05, 0) is 31.7 Å². The molecule has 0 aromatic carbocycles. The Morgan fingerprint density at radius 3 is 2.27 bits per heavy atom. The summed E-state index contributed by atoms with van der Waals surface area (Å²) in [6.45, 7) is 3.52. The van der Waals surface area contributed by atoms with Gasteiger partial charge < -0.3 is 0 Å². The molecule has 0 amide bonds. The van der Waals surface area contributed by atoms with Gasteiger partial charge in [-0.15, -0.1) is 11.8 Å². The van der Waals surface area contributed by atoms with E-state index in [2.05, 4.69) is 0 Å². The van der Waals surface area contributed by atoms with Crippen molar-refractivity contribution in [3.05, 3.63) is 0 Å². The zero-order valence-corrected chi connectivity index (χ0v) is 9.72. The zero-order valence-electron chi connectivity index (χ0n) is 6.51. The van der Waals surface area contributed by atoms with Crippen LogP contribution in [0.5, 0.6) is 0 Å². The summed E-state index contributed by atoms with van der Waals surface area (Å²) in [6.07, 6.45) is 1.88. The van der Waals surface area contributed by atoms with Crippen LogP contribution in [0.1, 0.15) is 13.8 Å². The first kappa shape index (κ1) is 11.8. The van der Waals surface area contributed by atoms with Gasteiger partial charge in [0.1, 0.15) is 3.53 Å². The van der Waals surface area contributed by atoms with E-state index in [9.17, 15) is 4.79 Å². The maximum absolute atomic E-state index is 10.8. The van der Waals surface area contributed by atoms with E-state index >= 15 is 0 Å². The van der Waals surface area contributed by atoms with Crippen molar-refractivity contribution in [3.63, 3.8) is 0 Å². The Kier molecular flexibility index (Phi) is 5.02. The number of thiocarbonyl (C=S) groups is 1. The quantitative estimate of drug-likeness (QED) is 0.534. The van der Waals surface area contributed by atoms with Crippen LogP contribution in [0.15, 0.2) is 0 Å². The summed E-state index contributed by atoms with van der Waals surface area (Å²) in [5.74, 6) is 0. The fraction of sp³-hybridized carbons (Fsp3) is 0.667. The number of thioether (sulfide) groups is 2. The van der Waals surface area contributed by atoms with Gasteiger partial charge in [0.25, 0.3) is 0 Å². The molecule has 5 heteroatoms. The predicted molar refractivity (Wildman–Crippen MR) is 58.6 cm³/mol. The fourth-order valence-electron chi connectivity index (χ4n) is 0.290. The van der Waals surface area contributed by atoms with Gasteiger partial charge in [-0.3, -0.25) is 4.79 Å². The smallest absolute Gasteiger partial charge is 0.237 e. The molecule has 0 saturated heterocycles. The molecule has 0 aliphatic rings. The van der Waals surface area contributed by atoms with E-state index in [0.717, 1.165) is 3.53 Å². The van der Waals surface area contributed by atoms with Crippen LogP contribution in [0.2, 0.25) is 0 Å². The van der Waals surface area contributed by atoms with Crippen LogP contribution in [0.3, 0.4) is 0 Å². The maximum atomic E-state index is 10.8. The highest BCUT2D eigenvalue weighted by Gasteiger charge is 2.27. The lowest BCUT2D eigenvalue weighted by molar-refractivity contribution is -0.113. The fourth-order valence-corrected chi connectivity index (χ4v) is 2.49. The van der Waals surface area contributed by atoms with Crippen LogP contribution in [0.25, 0.3) is 0 Å². The zero-order chi connectivity index (χ0) is 9.07. The first-order valence-electron chi connectivity index (χ1n) is 2.87. The molecule has 0 rings (SSSR count). The van der Waals surface area contributed by atoms with Crippen LogP contribution in [0, 0.1) is 0 Å². The largest absolute Gasteiger partial charge is 0.280 e. The van der Waals surface area contributed by atoms with Gasteiger partial charge in [-0.1, -0.05) is 24.0 Å². The van der Waals surface area contributed by atoms with Crippen LogP contribution in [0.4, 0.5) is 0 Å². The van der Waals surface area contributed by atoms with Crippen molar-refractivity contribution in [1.29, 1.82) is 0 Å². The van der Waals surface area contributed by atoms with Gasteiger partial charge in [0.05, 0.1) is 4.75 Å². The summed E-state index contributed by atoms with van der Waals surface area (Å²) < 4.78 is 0.144. The van der Waals surface area contributed by atoms with Gasteiger partial charge in [0.15, 0.2) is 0 Å². The van der Waals surface area contributed by atoms with Crippen molar-refractivity contribution in [3.8, 4) is 0 Å². The normalized spacial score (nSPS) is 11.3. The summed E-state index contributed by atoms with van der Waals surface area (Å²) in [7, 11) is 0. The SMILES string of the molecule is CSC(=S)SC(C)(C)C(=O)Cl. The third-order valence-electron chi connectivity index (χ3n) is 0.979. The number of halogens is 1. The first-order chi connectivity index (χ1) is 4.90. The second-order valence-electron chi connectivity index (χ2n) is 2.34. The Morgan fingerprint density at radius 2 is 2.00 bits per heavy atom. The first-order valence-corrected chi connectivity index (χ1v) is 5.70. The average molecular weight is 229 g/mol. The standard InChI is InChI=1S/C6H9ClOS3/c1-6(2,4(7)8)11-5(9)10-3/h1-3H3. The second-order valence-corrected chi connectivity index (χ2v) is 6.32. The Morgan fingerprint density at radius 1 is 1.55 bits per heavy atom. The Labute approximate surface area is 85.6 Å². The maximum Gasteiger partial charge on any atom is 0.237 e. The van der Waals surface area contributed by atoms with Crippen LogP contribution >= 0.6 is 47.3 Å². The number of carbonyl (C=O) groups excluding carboxylic acids is 1. The van der Waals surface area contributed by atoms with Gasteiger partial charge >= 0.3 is 0 Å². The Balaban J connectivity index is 4.12. The van der Waals surface area contributed by atoms with Crippen LogP contribution in [-0.4, -0.2) is 19.8 Å². The molecule has 0 radical (unpaired) electrons. The molecular weight excluding hydrogens is 220 g/mol. The van der Waals surface area contributed by atoms with E-state index in [4.69, 9.17) is 23.8 Å². The summed E-state index contributed by atoms with van der Waals surface area (Å²) in [5, 5.41) is -0.362. The molecule has 0 atom stereocenters. The van der Waals surface area contributed by atoms with E-state index in [1.807, 2.05) is 6.26 Å². The van der Waals surface area contributed by atoms with Crippen molar-refractivity contribution >= 4 is 56.1 Å². The highest BCUT2D eigenvalue weighted by atomic mass is 35.5. The molecule has 0 bridgehead atoms. The topological polar surface area (TPSA) is 17.1 Å². The molecule has 0 fully saturated rings. The highest BCUT2D eigenvalue weighted by molar-refractivity contribution is 8.47. The van der Waals surface area contributed by atoms with E-state index < -0.39 is 4.75 Å². The lowest BCUT2D eigenvalue weighted by Gasteiger charge is -2.17. The number of carbonyl (C=O) groups is 1. The average Bonchev–Trinajstić information content (AvgIpc) is 1.86. The minimum absolute atomic E-state index is 0.362. The molecule has 0 unspecified atom stereocenters. The van der Waals surface area contributed by atoms with E-state index in [1.165, 1.54) is 23.5 Å². The molecule has 0 N–H and O–H groups in total. The van der Waals surface area contributed by atoms with Crippen molar-refractivity contribution in [2.24, 2.45) is 0 Å². The van der Waals surface area contributed by atoms with Crippen molar-refractivity contribution < 1.29 is 4.79 Å². The monoisotopic (exact) mass is 228 g/mol. The third-order valence-corrected chi connectivity index (χ3v) is 4.26. The molecule has 0 aromatic heterocycles. The van der Waals surface area contributed by atoms with E-state index in [0.29, 0.717) is 0 Å². The number of hydrogen-bond donors (Lipinski definition) is 0. The lowest BCUT2D eigenvalue weighted by Crippen LogP contribution is -2.24. The molecule has 0 aromatic rings. The molecule has 0 aliphatic heterocycles. The Hall–Kier alpha value is 0.750. The summed E-state index contributed by atoms with van der Waals surface area (Å²) >= 11 is 13.1. The number of rotatable bonds is 2. The highest BCUT2D eigenvalue weighted by Crippen LogP contribution is 2.31. The van der Waals surface area contributed by atoms with Gasteiger partial charge in [-0.25, -0.2) is 0 Å². The molecule has 0 spiro atoms. The molecule has 1 nitrogen and oxygen atoms in total. The second kappa shape index (κ2) is 4.70. The molecule has 0 heterocycles. The van der Waals surface area contributed by atoms with Gasteiger partial charge in [0, 0.05) is 0 Å². The minimum Gasteiger partial charge on any atom is -0.280 e. The molecule has 11 heavy (non-hydrogen) atoms.